The van der Waals surface area contributed by atoms with E-state index in [0.717, 1.165) is 28.9 Å². The number of nitrogens with zero attached hydrogens (tertiary/aromatic N) is 1. The summed E-state index contributed by atoms with van der Waals surface area (Å²) in [4.78, 5) is 12.4. The van der Waals surface area contributed by atoms with E-state index in [2.05, 4.69) is 32.7 Å². The predicted molar refractivity (Wildman–Crippen MR) is 79.3 cm³/mol. The summed E-state index contributed by atoms with van der Waals surface area (Å²) in [6.07, 6.45) is 9.28. The summed E-state index contributed by atoms with van der Waals surface area (Å²) in [5.74, 6) is 0.942. The highest BCUT2D eigenvalue weighted by Gasteiger charge is 2.29. The van der Waals surface area contributed by atoms with Crippen molar-refractivity contribution in [3.05, 3.63) is 22.4 Å². The number of halogens is 1. The highest BCUT2D eigenvalue weighted by atomic mass is 79.9. The van der Waals surface area contributed by atoms with Crippen LogP contribution in [0.3, 0.4) is 0 Å². The smallest absolute Gasteiger partial charge is 0.268 e. The standard InChI is InChI=1S/C15H21BrN2O/c1-2-12(7-10-3-4-10)17-15(19)14-8-11(16)9-18(14)13-5-6-13/h8-10,12-13H,2-7H2,1H3,(H,17,19). The normalized spacial score (nSPS) is 20.3. The molecule has 1 aromatic rings. The van der Waals surface area contributed by atoms with Crippen molar-refractivity contribution >= 4 is 21.8 Å². The predicted octanol–water partition coefficient (Wildman–Crippen LogP) is 3.89. The van der Waals surface area contributed by atoms with Crippen LogP contribution in [-0.2, 0) is 0 Å². The van der Waals surface area contributed by atoms with E-state index in [4.69, 9.17) is 0 Å². The number of hydrogen-bond acceptors (Lipinski definition) is 1. The number of aromatic nitrogens is 1. The molecule has 1 aromatic heterocycles. The second-order valence-electron chi connectivity index (χ2n) is 5.94. The van der Waals surface area contributed by atoms with Gasteiger partial charge in [0.1, 0.15) is 5.69 Å². The number of hydrogen-bond donors (Lipinski definition) is 1. The molecule has 2 aliphatic carbocycles. The van der Waals surface area contributed by atoms with Crippen LogP contribution in [0.25, 0.3) is 0 Å². The highest BCUT2D eigenvalue weighted by molar-refractivity contribution is 9.10. The summed E-state index contributed by atoms with van der Waals surface area (Å²) >= 11 is 3.48. The van der Waals surface area contributed by atoms with E-state index in [0.29, 0.717) is 12.1 Å². The van der Waals surface area contributed by atoms with Gasteiger partial charge in [0.25, 0.3) is 5.91 Å². The average molecular weight is 325 g/mol. The Bertz CT molecular complexity index is 474. The van der Waals surface area contributed by atoms with Crippen molar-refractivity contribution in [1.29, 1.82) is 0 Å². The van der Waals surface area contributed by atoms with Gasteiger partial charge in [0, 0.05) is 22.8 Å². The Kier molecular flexibility index (Phi) is 3.70. The van der Waals surface area contributed by atoms with Gasteiger partial charge in [-0.2, -0.15) is 0 Å². The molecule has 19 heavy (non-hydrogen) atoms. The average Bonchev–Trinajstić information content (AvgIpc) is 3.28. The Labute approximate surface area is 122 Å². The second kappa shape index (κ2) is 5.31. The zero-order valence-corrected chi connectivity index (χ0v) is 12.9. The molecule has 1 N–H and O–H groups in total. The molecule has 1 heterocycles. The van der Waals surface area contributed by atoms with Gasteiger partial charge in [0.05, 0.1) is 0 Å². The third kappa shape index (κ3) is 3.22. The van der Waals surface area contributed by atoms with Crippen molar-refractivity contribution in [2.75, 3.05) is 0 Å². The SMILES string of the molecule is CCC(CC1CC1)NC(=O)c1cc(Br)cn1C1CC1. The number of carbonyl (C=O) groups is 1. The minimum atomic E-state index is 0.0881. The van der Waals surface area contributed by atoms with Crippen LogP contribution in [0.2, 0.25) is 0 Å². The van der Waals surface area contributed by atoms with Gasteiger partial charge < -0.3 is 9.88 Å². The Balaban J connectivity index is 1.68. The summed E-state index contributed by atoms with van der Waals surface area (Å²) in [6, 6.07) is 2.81. The maximum Gasteiger partial charge on any atom is 0.268 e. The number of nitrogens with one attached hydrogen (secondary N) is 1. The first kappa shape index (κ1) is 13.2. The van der Waals surface area contributed by atoms with Gasteiger partial charge in [0.15, 0.2) is 0 Å². The summed E-state index contributed by atoms with van der Waals surface area (Å²) in [7, 11) is 0. The topological polar surface area (TPSA) is 34.0 Å². The molecule has 1 amide bonds. The minimum absolute atomic E-state index is 0.0881. The molecule has 0 spiro atoms. The lowest BCUT2D eigenvalue weighted by atomic mass is 10.1. The van der Waals surface area contributed by atoms with E-state index in [1.54, 1.807) is 0 Å². The molecule has 2 saturated carbocycles. The Morgan fingerprint density at radius 2 is 2.21 bits per heavy atom. The van der Waals surface area contributed by atoms with Gasteiger partial charge >= 0.3 is 0 Å². The van der Waals surface area contributed by atoms with Crippen molar-refractivity contribution in [2.45, 2.75) is 57.5 Å². The first-order valence-electron chi connectivity index (χ1n) is 7.35. The van der Waals surface area contributed by atoms with E-state index in [9.17, 15) is 4.79 Å². The fourth-order valence-corrected chi connectivity index (χ4v) is 3.06. The second-order valence-corrected chi connectivity index (χ2v) is 6.86. The van der Waals surface area contributed by atoms with Crippen LogP contribution < -0.4 is 5.32 Å². The molecule has 2 aliphatic rings. The van der Waals surface area contributed by atoms with Gasteiger partial charge in [-0.05, 0) is 53.6 Å². The maximum absolute atomic E-state index is 12.4. The van der Waals surface area contributed by atoms with Crippen molar-refractivity contribution in [3.8, 4) is 0 Å². The summed E-state index contributed by atoms with van der Waals surface area (Å²) in [6.45, 7) is 2.16. The molecular formula is C15H21BrN2O. The minimum Gasteiger partial charge on any atom is -0.348 e. The summed E-state index contributed by atoms with van der Waals surface area (Å²) < 4.78 is 3.13. The summed E-state index contributed by atoms with van der Waals surface area (Å²) in [5.41, 5.74) is 0.809. The van der Waals surface area contributed by atoms with Crippen LogP contribution in [0.5, 0.6) is 0 Å². The quantitative estimate of drug-likeness (QED) is 0.846. The molecule has 0 saturated heterocycles. The molecule has 3 rings (SSSR count). The highest BCUT2D eigenvalue weighted by Crippen LogP contribution is 2.38. The van der Waals surface area contributed by atoms with Crippen LogP contribution in [0.15, 0.2) is 16.7 Å². The largest absolute Gasteiger partial charge is 0.348 e. The van der Waals surface area contributed by atoms with E-state index >= 15 is 0 Å². The monoisotopic (exact) mass is 324 g/mol. The fraction of sp³-hybridized carbons (Fsp3) is 0.667. The van der Waals surface area contributed by atoms with Gasteiger partial charge in [-0.15, -0.1) is 0 Å². The zero-order chi connectivity index (χ0) is 13.4. The first-order chi connectivity index (χ1) is 9.17. The lowest BCUT2D eigenvalue weighted by molar-refractivity contribution is 0.0923. The molecule has 3 nitrogen and oxygen atoms in total. The molecule has 2 fully saturated rings. The molecule has 0 bridgehead atoms. The molecule has 104 valence electrons. The Morgan fingerprint density at radius 1 is 1.47 bits per heavy atom. The molecular weight excluding hydrogens is 304 g/mol. The van der Waals surface area contributed by atoms with Crippen molar-refractivity contribution in [3.63, 3.8) is 0 Å². The fourth-order valence-electron chi connectivity index (χ4n) is 2.63. The van der Waals surface area contributed by atoms with Crippen LogP contribution in [0, 0.1) is 5.92 Å². The number of amides is 1. The molecule has 1 atom stereocenters. The lowest BCUT2D eigenvalue weighted by Crippen LogP contribution is -2.35. The van der Waals surface area contributed by atoms with E-state index in [1.165, 1.54) is 25.7 Å². The zero-order valence-electron chi connectivity index (χ0n) is 11.4. The van der Waals surface area contributed by atoms with Crippen molar-refractivity contribution in [2.24, 2.45) is 5.92 Å². The number of carbonyl (C=O) groups excluding carboxylic acids is 1. The van der Waals surface area contributed by atoms with Crippen LogP contribution in [0.4, 0.5) is 0 Å². The molecule has 0 aromatic carbocycles. The van der Waals surface area contributed by atoms with Crippen molar-refractivity contribution in [1.82, 2.24) is 9.88 Å². The van der Waals surface area contributed by atoms with Gasteiger partial charge in [-0.25, -0.2) is 0 Å². The molecule has 0 aliphatic heterocycles. The van der Waals surface area contributed by atoms with Crippen molar-refractivity contribution < 1.29 is 4.79 Å². The van der Waals surface area contributed by atoms with Gasteiger partial charge in [0.2, 0.25) is 0 Å². The third-order valence-electron chi connectivity index (χ3n) is 4.13. The van der Waals surface area contributed by atoms with Crippen LogP contribution in [-0.4, -0.2) is 16.5 Å². The maximum atomic E-state index is 12.4. The molecule has 0 radical (unpaired) electrons. The van der Waals surface area contributed by atoms with Crippen LogP contribution in [0.1, 0.15) is 62.0 Å². The first-order valence-corrected chi connectivity index (χ1v) is 8.15. The Morgan fingerprint density at radius 3 is 2.79 bits per heavy atom. The number of rotatable bonds is 6. The van der Waals surface area contributed by atoms with E-state index in [1.807, 2.05) is 12.3 Å². The Hall–Kier alpha value is -0.770. The lowest BCUT2D eigenvalue weighted by Gasteiger charge is -2.17. The van der Waals surface area contributed by atoms with E-state index < -0.39 is 0 Å². The summed E-state index contributed by atoms with van der Waals surface area (Å²) in [5, 5.41) is 3.21. The van der Waals surface area contributed by atoms with Crippen LogP contribution >= 0.6 is 15.9 Å². The van der Waals surface area contributed by atoms with E-state index in [-0.39, 0.29) is 5.91 Å². The molecule has 1 unspecified atom stereocenters. The van der Waals surface area contributed by atoms with Gasteiger partial charge in [-0.1, -0.05) is 19.8 Å². The molecule has 4 heteroatoms. The third-order valence-corrected chi connectivity index (χ3v) is 4.56. The van der Waals surface area contributed by atoms with Gasteiger partial charge in [-0.3, -0.25) is 4.79 Å².